The first-order valence-electron chi connectivity index (χ1n) is 8.78. The molecule has 0 spiro atoms. The number of pyridine rings is 1. The average molecular weight is 352 g/mol. The predicted octanol–water partition coefficient (Wildman–Crippen LogP) is 3.42. The van der Waals surface area contributed by atoms with E-state index in [0.717, 1.165) is 5.65 Å². The molecule has 0 bridgehead atoms. The quantitative estimate of drug-likeness (QED) is 0.738. The Hall–Kier alpha value is -2.89. The molecule has 26 heavy (non-hydrogen) atoms. The smallest absolute Gasteiger partial charge is 0.258 e. The summed E-state index contributed by atoms with van der Waals surface area (Å²) in [4.78, 5) is 12.2. The van der Waals surface area contributed by atoms with Crippen molar-refractivity contribution in [1.82, 2.24) is 19.9 Å². The van der Waals surface area contributed by atoms with Crippen LogP contribution in [-0.4, -0.2) is 27.1 Å². The van der Waals surface area contributed by atoms with Gasteiger partial charge in [0.1, 0.15) is 5.75 Å². The van der Waals surface area contributed by atoms with Gasteiger partial charge in [0.2, 0.25) is 0 Å². The Morgan fingerprint density at radius 3 is 2.73 bits per heavy atom. The summed E-state index contributed by atoms with van der Waals surface area (Å²) in [6.07, 6.45) is 1.88. The Balaban J connectivity index is 1.59. The van der Waals surface area contributed by atoms with E-state index in [4.69, 9.17) is 4.74 Å². The molecule has 0 aliphatic carbocycles. The first-order chi connectivity index (χ1) is 12.5. The number of ether oxygens (including phenoxy) is 1. The third-order valence-corrected chi connectivity index (χ3v) is 4.34. The van der Waals surface area contributed by atoms with Crippen molar-refractivity contribution in [3.05, 3.63) is 59.5 Å². The van der Waals surface area contributed by atoms with Crippen molar-refractivity contribution in [3.63, 3.8) is 0 Å². The maximum atomic E-state index is 12.2. The second kappa shape index (κ2) is 7.56. The Morgan fingerprint density at radius 1 is 1.19 bits per heavy atom. The van der Waals surface area contributed by atoms with E-state index in [-0.39, 0.29) is 18.6 Å². The fourth-order valence-corrected chi connectivity index (χ4v) is 3.04. The normalized spacial score (nSPS) is 12.3. The zero-order chi connectivity index (χ0) is 18.7. The van der Waals surface area contributed by atoms with Crippen LogP contribution in [0.2, 0.25) is 0 Å². The maximum Gasteiger partial charge on any atom is 0.258 e. The standard InChI is InChI=1S/C20H24N4O2/c1-13(2)17-9-8-16(11-14(17)3)26-12-19(25)21-15(4)20-23-22-18-7-5-6-10-24(18)20/h5-11,13,15H,12H2,1-4H3,(H,21,25). The van der Waals surface area contributed by atoms with Crippen LogP contribution in [0.25, 0.3) is 5.65 Å². The van der Waals surface area contributed by atoms with Gasteiger partial charge in [-0.1, -0.05) is 26.0 Å². The summed E-state index contributed by atoms with van der Waals surface area (Å²) < 4.78 is 7.50. The summed E-state index contributed by atoms with van der Waals surface area (Å²) in [7, 11) is 0. The van der Waals surface area contributed by atoms with Gasteiger partial charge in [-0.05, 0) is 55.2 Å². The molecule has 0 saturated carbocycles. The number of fused-ring (bicyclic) bond motifs is 1. The zero-order valence-electron chi connectivity index (χ0n) is 15.6. The van der Waals surface area contributed by atoms with Crippen molar-refractivity contribution in [2.24, 2.45) is 0 Å². The number of aryl methyl sites for hydroxylation is 1. The molecule has 1 unspecified atom stereocenters. The van der Waals surface area contributed by atoms with Crippen molar-refractivity contribution >= 4 is 11.6 Å². The van der Waals surface area contributed by atoms with Gasteiger partial charge < -0.3 is 10.1 Å². The van der Waals surface area contributed by atoms with Crippen LogP contribution in [0.1, 0.15) is 49.7 Å². The van der Waals surface area contributed by atoms with E-state index in [1.165, 1.54) is 11.1 Å². The monoisotopic (exact) mass is 352 g/mol. The van der Waals surface area contributed by atoms with Gasteiger partial charge in [-0.25, -0.2) is 0 Å². The lowest BCUT2D eigenvalue weighted by Crippen LogP contribution is -2.32. The van der Waals surface area contributed by atoms with Crippen molar-refractivity contribution in [2.45, 2.75) is 39.7 Å². The second-order valence-corrected chi connectivity index (χ2v) is 6.74. The minimum Gasteiger partial charge on any atom is -0.484 e. The zero-order valence-corrected chi connectivity index (χ0v) is 15.6. The van der Waals surface area contributed by atoms with Crippen LogP contribution in [0.15, 0.2) is 42.6 Å². The molecule has 0 fully saturated rings. The molecule has 0 radical (unpaired) electrons. The van der Waals surface area contributed by atoms with Gasteiger partial charge in [-0.15, -0.1) is 10.2 Å². The van der Waals surface area contributed by atoms with Crippen LogP contribution in [-0.2, 0) is 4.79 Å². The fraction of sp³-hybridized carbons (Fsp3) is 0.350. The highest BCUT2D eigenvalue weighted by Crippen LogP contribution is 2.23. The van der Waals surface area contributed by atoms with E-state index in [1.807, 2.05) is 47.9 Å². The second-order valence-electron chi connectivity index (χ2n) is 6.74. The summed E-state index contributed by atoms with van der Waals surface area (Å²) in [5.41, 5.74) is 3.20. The maximum absolute atomic E-state index is 12.2. The van der Waals surface area contributed by atoms with E-state index >= 15 is 0 Å². The number of nitrogens with zero attached hydrogens (tertiary/aromatic N) is 3. The van der Waals surface area contributed by atoms with Crippen LogP contribution in [0.3, 0.4) is 0 Å². The van der Waals surface area contributed by atoms with E-state index < -0.39 is 0 Å². The van der Waals surface area contributed by atoms with Gasteiger partial charge in [0, 0.05) is 6.20 Å². The van der Waals surface area contributed by atoms with Gasteiger partial charge in [-0.2, -0.15) is 0 Å². The van der Waals surface area contributed by atoms with Gasteiger partial charge in [0.15, 0.2) is 18.1 Å². The number of carbonyl (C=O) groups excluding carboxylic acids is 1. The summed E-state index contributed by atoms with van der Waals surface area (Å²) in [5, 5.41) is 11.2. The molecule has 136 valence electrons. The summed E-state index contributed by atoms with van der Waals surface area (Å²) in [5.74, 6) is 1.65. The highest BCUT2D eigenvalue weighted by molar-refractivity contribution is 5.77. The molecule has 6 heteroatoms. The molecular formula is C20H24N4O2. The Labute approximate surface area is 153 Å². The van der Waals surface area contributed by atoms with Gasteiger partial charge in [0.25, 0.3) is 5.91 Å². The Morgan fingerprint density at radius 2 is 2.00 bits per heavy atom. The molecular weight excluding hydrogens is 328 g/mol. The molecule has 1 aromatic carbocycles. The lowest BCUT2D eigenvalue weighted by molar-refractivity contribution is -0.123. The van der Waals surface area contributed by atoms with Crippen LogP contribution < -0.4 is 10.1 Å². The van der Waals surface area contributed by atoms with E-state index in [9.17, 15) is 4.79 Å². The topological polar surface area (TPSA) is 68.5 Å². The lowest BCUT2D eigenvalue weighted by atomic mass is 9.98. The van der Waals surface area contributed by atoms with E-state index in [1.54, 1.807) is 0 Å². The number of aromatic nitrogens is 3. The van der Waals surface area contributed by atoms with E-state index in [2.05, 4.69) is 42.4 Å². The number of rotatable bonds is 6. The third-order valence-electron chi connectivity index (χ3n) is 4.34. The SMILES string of the molecule is Cc1cc(OCC(=O)NC(C)c2nnc3ccccn23)ccc1C(C)C. The average Bonchev–Trinajstić information content (AvgIpc) is 3.04. The Bertz CT molecular complexity index is 917. The number of benzene rings is 1. The molecule has 6 nitrogen and oxygen atoms in total. The molecule has 0 saturated heterocycles. The number of hydrogen-bond acceptors (Lipinski definition) is 4. The lowest BCUT2D eigenvalue weighted by Gasteiger charge is -2.14. The molecule has 2 aromatic heterocycles. The first-order valence-corrected chi connectivity index (χ1v) is 8.78. The van der Waals surface area contributed by atoms with Gasteiger partial charge in [-0.3, -0.25) is 9.20 Å². The highest BCUT2D eigenvalue weighted by atomic mass is 16.5. The molecule has 0 aliphatic rings. The van der Waals surface area contributed by atoms with E-state index in [0.29, 0.717) is 17.5 Å². The first kappa shape index (κ1) is 17.9. The van der Waals surface area contributed by atoms with Crippen molar-refractivity contribution in [1.29, 1.82) is 0 Å². The highest BCUT2D eigenvalue weighted by Gasteiger charge is 2.16. The minimum atomic E-state index is -0.270. The summed E-state index contributed by atoms with van der Waals surface area (Å²) >= 11 is 0. The van der Waals surface area contributed by atoms with Crippen LogP contribution in [0.5, 0.6) is 5.75 Å². The predicted molar refractivity (Wildman–Crippen MR) is 100 cm³/mol. The van der Waals surface area contributed by atoms with Crippen LogP contribution in [0, 0.1) is 6.92 Å². The van der Waals surface area contributed by atoms with Gasteiger partial charge in [0.05, 0.1) is 6.04 Å². The van der Waals surface area contributed by atoms with Crippen molar-refractivity contribution in [2.75, 3.05) is 6.61 Å². The molecule has 3 rings (SSSR count). The third kappa shape index (κ3) is 3.85. The fourth-order valence-electron chi connectivity index (χ4n) is 3.04. The number of carbonyl (C=O) groups is 1. The molecule has 2 heterocycles. The number of hydrogen-bond donors (Lipinski definition) is 1. The molecule has 1 N–H and O–H groups in total. The summed E-state index contributed by atoms with van der Waals surface area (Å²) in [6.45, 7) is 8.21. The number of nitrogens with one attached hydrogen (secondary N) is 1. The minimum absolute atomic E-state index is 0.0401. The molecule has 1 atom stereocenters. The molecule has 1 amide bonds. The van der Waals surface area contributed by atoms with Gasteiger partial charge >= 0.3 is 0 Å². The number of amides is 1. The van der Waals surface area contributed by atoms with Crippen molar-refractivity contribution < 1.29 is 9.53 Å². The largest absolute Gasteiger partial charge is 0.484 e. The van der Waals surface area contributed by atoms with Crippen molar-refractivity contribution in [3.8, 4) is 5.75 Å². The molecule has 0 aliphatic heterocycles. The Kier molecular flexibility index (Phi) is 5.21. The van der Waals surface area contributed by atoms with Crippen LogP contribution in [0.4, 0.5) is 0 Å². The molecule has 3 aromatic rings. The summed E-state index contributed by atoms with van der Waals surface area (Å²) in [6, 6.07) is 11.3. The van der Waals surface area contributed by atoms with Crippen LogP contribution >= 0.6 is 0 Å².